The normalized spacial score (nSPS) is 11.0. The lowest BCUT2D eigenvalue weighted by Crippen LogP contribution is -2.07. The van der Waals surface area contributed by atoms with Crippen LogP contribution >= 0.6 is 0 Å². The highest BCUT2D eigenvalue weighted by molar-refractivity contribution is 5.97. The first-order chi connectivity index (χ1) is 14.2. The number of aromatic amines is 2. The molecule has 0 fully saturated rings. The Balaban J connectivity index is 0.000000179. The number of nitrogens with two attached hydrogens (primary N) is 1. The van der Waals surface area contributed by atoms with Gasteiger partial charge >= 0.3 is 0 Å². The molecule has 0 aliphatic heterocycles. The number of benzene rings is 2. The van der Waals surface area contributed by atoms with Crippen LogP contribution in [-0.2, 0) is 0 Å². The predicted molar refractivity (Wildman–Crippen MR) is 124 cm³/mol. The van der Waals surface area contributed by atoms with Crippen LogP contribution in [0.1, 0.15) is 41.7 Å². The molecule has 0 saturated heterocycles. The fraction of sp³-hybridized carbons (Fsp3) is 0.160. The number of hydrogen-bond donors (Lipinski definition) is 3. The van der Waals surface area contributed by atoms with Gasteiger partial charge in [0.25, 0.3) is 0 Å². The van der Waals surface area contributed by atoms with Crippen LogP contribution < -0.4 is 5.73 Å². The van der Waals surface area contributed by atoms with Crippen LogP contribution in [0.2, 0.25) is 0 Å². The molecule has 0 aliphatic carbocycles. The van der Waals surface area contributed by atoms with Crippen molar-refractivity contribution in [2.45, 2.75) is 25.8 Å². The Morgan fingerprint density at radius 1 is 0.931 bits per heavy atom. The van der Waals surface area contributed by atoms with Gasteiger partial charge in [0.05, 0.1) is 0 Å². The largest absolute Gasteiger partial charge is 0.361 e. The molecule has 150 valence electrons. The highest BCUT2D eigenvalue weighted by Gasteiger charge is 2.09. The van der Waals surface area contributed by atoms with Gasteiger partial charge in [0, 0.05) is 45.8 Å². The van der Waals surface area contributed by atoms with Crippen molar-refractivity contribution in [1.82, 2.24) is 9.97 Å². The molecule has 0 aliphatic rings. The van der Waals surface area contributed by atoms with Gasteiger partial charge in [-0.2, -0.15) is 0 Å². The zero-order chi connectivity index (χ0) is 21.1. The molecule has 1 atom stereocenters. The van der Waals surface area contributed by atoms with Crippen molar-refractivity contribution < 1.29 is 4.79 Å². The Morgan fingerprint density at radius 3 is 2.07 bits per heavy atom. The molecule has 2 aromatic heterocycles. The lowest BCUT2D eigenvalue weighted by atomic mass is 10.0. The molecule has 0 bridgehead atoms. The number of nitrogens with one attached hydrogen (secondary N) is 2. The Hall–Kier alpha value is -3.37. The summed E-state index contributed by atoms with van der Waals surface area (Å²) in [5.74, 6) is 0. The topological polar surface area (TPSA) is 74.7 Å². The van der Waals surface area contributed by atoms with Gasteiger partial charge in [-0.3, -0.25) is 4.79 Å². The average molecular weight is 388 g/mol. The molecule has 0 saturated carbocycles. The smallest absolute Gasteiger partial charge is 0.152 e. The van der Waals surface area contributed by atoms with Gasteiger partial charge < -0.3 is 15.7 Å². The third-order valence-corrected chi connectivity index (χ3v) is 4.48. The molecular formula is C25H29N3O. The Morgan fingerprint density at radius 2 is 1.48 bits per heavy atom. The predicted octanol–water partition coefficient (Wildman–Crippen LogP) is 6.31. The van der Waals surface area contributed by atoms with E-state index >= 15 is 0 Å². The van der Waals surface area contributed by atoms with Gasteiger partial charge in [-0.1, -0.05) is 55.5 Å². The minimum atomic E-state index is 0.0450. The van der Waals surface area contributed by atoms with E-state index in [1.165, 1.54) is 10.9 Å². The minimum absolute atomic E-state index is 0.0450. The molecule has 0 radical (unpaired) electrons. The van der Waals surface area contributed by atoms with Gasteiger partial charge in [0.2, 0.25) is 0 Å². The van der Waals surface area contributed by atoms with E-state index in [1.54, 1.807) is 6.20 Å². The first-order valence-corrected chi connectivity index (χ1v) is 9.70. The first-order valence-electron chi connectivity index (χ1n) is 9.70. The van der Waals surface area contributed by atoms with Crippen LogP contribution in [0.5, 0.6) is 0 Å². The van der Waals surface area contributed by atoms with Crippen molar-refractivity contribution in [2.24, 2.45) is 5.73 Å². The van der Waals surface area contributed by atoms with E-state index in [2.05, 4.69) is 42.2 Å². The van der Waals surface area contributed by atoms with Gasteiger partial charge in [-0.25, -0.2) is 0 Å². The maximum absolute atomic E-state index is 10.5. The summed E-state index contributed by atoms with van der Waals surface area (Å²) < 4.78 is 0. The van der Waals surface area contributed by atoms with Crippen molar-refractivity contribution >= 4 is 28.1 Å². The second-order valence-corrected chi connectivity index (χ2v) is 6.52. The SMILES string of the molecule is C=CCC.C=CCC(N)c1c[nH]c2ccccc12.O=Cc1c[nH]c2ccccc12. The summed E-state index contributed by atoms with van der Waals surface area (Å²) in [7, 11) is 0. The molecule has 4 rings (SSSR count). The van der Waals surface area contributed by atoms with E-state index in [-0.39, 0.29) is 6.04 Å². The number of aromatic nitrogens is 2. The molecular weight excluding hydrogens is 358 g/mol. The number of allylic oxidation sites excluding steroid dienone is 1. The number of rotatable bonds is 5. The standard InChI is InChI=1S/C12H14N2.C9H7NO.C4H8/c1-2-5-11(13)10-8-14-12-7-4-3-6-9(10)12;11-6-7-5-10-9-4-2-1-3-8(7)9;1-3-4-2/h2-4,6-8,11,14H,1,5,13H2;1-6,10H;3H,1,4H2,2H3. The van der Waals surface area contributed by atoms with E-state index < -0.39 is 0 Å². The minimum Gasteiger partial charge on any atom is -0.361 e. The van der Waals surface area contributed by atoms with E-state index in [4.69, 9.17) is 5.73 Å². The summed E-state index contributed by atoms with van der Waals surface area (Å²) in [5.41, 5.74) is 10.1. The molecule has 1 unspecified atom stereocenters. The summed E-state index contributed by atoms with van der Waals surface area (Å²) in [6, 6.07) is 16.0. The second-order valence-electron chi connectivity index (χ2n) is 6.52. The van der Waals surface area contributed by atoms with E-state index in [1.807, 2.05) is 54.7 Å². The molecule has 29 heavy (non-hydrogen) atoms. The zero-order valence-electron chi connectivity index (χ0n) is 16.9. The lowest BCUT2D eigenvalue weighted by molar-refractivity contribution is 0.112. The number of carbonyl (C=O) groups excluding carboxylic acids is 1. The summed E-state index contributed by atoms with van der Waals surface area (Å²) in [4.78, 5) is 16.7. The van der Waals surface area contributed by atoms with Gasteiger partial charge in [0.15, 0.2) is 6.29 Å². The third-order valence-electron chi connectivity index (χ3n) is 4.48. The summed E-state index contributed by atoms with van der Waals surface area (Å²) in [6.45, 7) is 9.24. The van der Waals surface area contributed by atoms with Crippen LogP contribution in [0.15, 0.2) is 86.2 Å². The van der Waals surface area contributed by atoms with Gasteiger partial charge in [-0.15, -0.1) is 13.2 Å². The number of hydrogen-bond acceptors (Lipinski definition) is 2. The highest BCUT2D eigenvalue weighted by atomic mass is 16.1. The summed E-state index contributed by atoms with van der Waals surface area (Å²) in [6.07, 6.45) is 10.2. The van der Waals surface area contributed by atoms with Crippen LogP contribution in [0.25, 0.3) is 21.8 Å². The van der Waals surface area contributed by atoms with E-state index in [9.17, 15) is 4.79 Å². The number of para-hydroxylation sites is 2. The van der Waals surface area contributed by atoms with Crippen LogP contribution in [0.4, 0.5) is 0 Å². The Bertz CT molecular complexity index is 1060. The maximum atomic E-state index is 10.5. The third kappa shape index (κ3) is 5.80. The van der Waals surface area contributed by atoms with Gasteiger partial charge in [0.1, 0.15) is 0 Å². The van der Waals surface area contributed by atoms with Crippen molar-refractivity contribution in [3.05, 3.63) is 97.4 Å². The van der Waals surface area contributed by atoms with Crippen molar-refractivity contribution in [1.29, 1.82) is 0 Å². The summed E-state index contributed by atoms with van der Waals surface area (Å²) in [5, 5.41) is 2.20. The van der Waals surface area contributed by atoms with E-state index in [0.29, 0.717) is 0 Å². The molecule has 4 aromatic rings. The Labute approximate surface area is 172 Å². The molecule has 4 nitrogen and oxygen atoms in total. The van der Waals surface area contributed by atoms with Crippen molar-refractivity contribution in [3.63, 3.8) is 0 Å². The number of fused-ring (bicyclic) bond motifs is 2. The second kappa shape index (κ2) is 11.5. The molecule has 4 heteroatoms. The zero-order valence-corrected chi connectivity index (χ0v) is 16.9. The monoisotopic (exact) mass is 387 g/mol. The number of carbonyl (C=O) groups is 1. The summed E-state index contributed by atoms with van der Waals surface area (Å²) >= 11 is 0. The maximum Gasteiger partial charge on any atom is 0.152 e. The van der Waals surface area contributed by atoms with Crippen LogP contribution in [0, 0.1) is 0 Å². The Kier molecular flexibility index (Phi) is 8.67. The molecule has 4 N–H and O–H groups in total. The number of H-pyrrole nitrogens is 2. The highest BCUT2D eigenvalue weighted by Crippen LogP contribution is 2.24. The average Bonchev–Trinajstić information content (AvgIpc) is 3.38. The van der Waals surface area contributed by atoms with Crippen LogP contribution in [0.3, 0.4) is 0 Å². The molecule has 0 spiro atoms. The fourth-order valence-electron chi connectivity index (χ4n) is 2.90. The van der Waals surface area contributed by atoms with E-state index in [0.717, 1.165) is 41.1 Å². The number of aldehydes is 1. The lowest BCUT2D eigenvalue weighted by Gasteiger charge is -2.06. The van der Waals surface area contributed by atoms with Crippen LogP contribution in [-0.4, -0.2) is 16.3 Å². The van der Waals surface area contributed by atoms with Gasteiger partial charge in [-0.05, 0) is 30.5 Å². The fourth-order valence-corrected chi connectivity index (χ4v) is 2.90. The first kappa shape index (κ1) is 21.9. The molecule has 0 amide bonds. The van der Waals surface area contributed by atoms with Crippen molar-refractivity contribution in [3.8, 4) is 0 Å². The molecule has 2 aromatic carbocycles. The van der Waals surface area contributed by atoms with Crippen molar-refractivity contribution in [2.75, 3.05) is 0 Å². The quantitative estimate of drug-likeness (QED) is 0.277. The molecule has 2 heterocycles.